The highest BCUT2D eigenvalue weighted by Crippen LogP contribution is 2.50. The van der Waals surface area contributed by atoms with Gasteiger partial charge in [-0.3, -0.25) is 0 Å². The minimum absolute atomic E-state index is 0.00681. The molecule has 0 atom stereocenters. The van der Waals surface area contributed by atoms with E-state index in [0.29, 0.717) is 5.46 Å². The summed E-state index contributed by atoms with van der Waals surface area (Å²) in [7, 11) is 7.23. The van der Waals surface area contributed by atoms with Gasteiger partial charge in [0.25, 0.3) is 6.71 Å². The molecule has 0 unspecified atom stereocenters. The summed E-state index contributed by atoms with van der Waals surface area (Å²) in [6.45, 7) is 27.5. The lowest BCUT2D eigenvalue weighted by Crippen LogP contribution is -2.60. The van der Waals surface area contributed by atoms with Crippen molar-refractivity contribution in [2.24, 2.45) is 0 Å². The van der Waals surface area contributed by atoms with Crippen LogP contribution in [0.3, 0.4) is 0 Å². The third kappa shape index (κ3) is 8.26. The molecule has 12 aromatic rings. The highest BCUT2D eigenvalue weighted by molar-refractivity contribution is 6.99. The molecule has 2 aliphatic rings. The quantitative estimate of drug-likeness (QED) is 0.160. The number of ether oxygens (including phenoxy) is 1. The molecule has 0 amide bonds. The third-order valence-corrected chi connectivity index (χ3v) is 17.7. The van der Waals surface area contributed by atoms with Crippen molar-refractivity contribution in [2.75, 3.05) is 4.90 Å². The number of nitrogens with zero attached hydrogens (tertiary/aromatic N) is 3. The van der Waals surface area contributed by atoms with Crippen LogP contribution in [0.2, 0.25) is 0 Å². The van der Waals surface area contributed by atoms with Crippen LogP contribution in [-0.2, 0) is 21.7 Å². The summed E-state index contributed by atoms with van der Waals surface area (Å²) in [5.41, 5.74) is 23.7. The van der Waals surface area contributed by atoms with E-state index in [1.165, 1.54) is 71.3 Å². The van der Waals surface area contributed by atoms with Gasteiger partial charge in [0.1, 0.15) is 19.3 Å². The molecule has 0 spiro atoms. The van der Waals surface area contributed by atoms with Gasteiger partial charge in [-0.1, -0.05) is 204 Å². The lowest BCUT2D eigenvalue weighted by Gasteiger charge is -2.42. The van der Waals surface area contributed by atoms with Crippen molar-refractivity contribution in [2.45, 2.75) is 105 Å². The molecule has 0 aliphatic carbocycles. The number of anilines is 3. The van der Waals surface area contributed by atoms with Crippen LogP contribution in [0, 0.1) is 0 Å². The summed E-state index contributed by atoms with van der Waals surface area (Å²) in [5.74, 6) is 1.59. The van der Waals surface area contributed by atoms with Crippen LogP contribution in [0.25, 0.3) is 77.2 Å². The molecule has 4 nitrogen and oxygen atoms in total. The van der Waals surface area contributed by atoms with Gasteiger partial charge in [0.2, 0.25) is 0 Å². The van der Waals surface area contributed by atoms with E-state index in [9.17, 15) is 0 Å². The summed E-state index contributed by atoms with van der Waals surface area (Å²) >= 11 is 0. The van der Waals surface area contributed by atoms with Crippen molar-refractivity contribution >= 4 is 97.1 Å². The molecular weight excluding hydrogens is 992 g/mol. The Labute approximate surface area is 485 Å². The maximum absolute atomic E-state index is 7.35. The van der Waals surface area contributed by atoms with Gasteiger partial charge in [0.05, 0.1) is 27.8 Å². The number of hydrogen-bond donors (Lipinski definition) is 0. The number of para-hydroxylation sites is 1. The van der Waals surface area contributed by atoms with Gasteiger partial charge in [-0.25, -0.2) is 0 Å². The molecule has 2 aliphatic heterocycles. The van der Waals surface area contributed by atoms with Gasteiger partial charge in [-0.2, -0.15) is 0 Å². The van der Waals surface area contributed by atoms with Gasteiger partial charge < -0.3 is 18.8 Å². The second-order valence-corrected chi connectivity index (χ2v) is 27.3. The van der Waals surface area contributed by atoms with Crippen LogP contribution in [0.4, 0.5) is 17.1 Å². The fourth-order valence-corrected chi connectivity index (χ4v) is 13.2. The van der Waals surface area contributed by atoms with E-state index >= 15 is 0 Å². The number of rotatable bonds is 5. The zero-order valence-corrected chi connectivity index (χ0v) is 49.5. The molecule has 0 saturated heterocycles. The molecule has 2 aromatic heterocycles. The Morgan fingerprint density at radius 2 is 0.780 bits per heavy atom. The van der Waals surface area contributed by atoms with E-state index in [1.54, 1.807) is 0 Å². The zero-order chi connectivity index (χ0) is 56.9. The molecule has 6 heteroatoms. The first-order valence-corrected chi connectivity index (χ1v) is 29.2. The lowest BCUT2D eigenvalue weighted by molar-refractivity contribution is 0.488. The van der Waals surface area contributed by atoms with E-state index in [0.717, 1.165) is 73.1 Å². The fourth-order valence-electron chi connectivity index (χ4n) is 13.2. The van der Waals surface area contributed by atoms with Gasteiger partial charge in [0, 0.05) is 61.5 Å². The van der Waals surface area contributed by atoms with E-state index in [2.05, 4.69) is 291 Å². The predicted molar refractivity (Wildman–Crippen MR) is 352 cm³/mol. The Balaban J connectivity index is 1.04. The van der Waals surface area contributed by atoms with E-state index in [-0.39, 0.29) is 28.4 Å². The summed E-state index contributed by atoms with van der Waals surface area (Å²) in [4.78, 5) is 2.51. The van der Waals surface area contributed by atoms with Crippen molar-refractivity contribution in [3.8, 4) is 45.1 Å². The van der Waals surface area contributed by atoms with Gasteiger partial charge in [-0.05, 0) is 150 Å². The molecule has 0 saturated carbocycles. The molecule has 10 aromatic carbocycles. The molecule has 4 heterocycles. The van der Waals surface area contributed by atoms with Crippen LogP contribution >= 0.6 is 0 Å². The highest BCUT2D eigenvalue weighted by atomic mass is 16.5. The number of aromatic nitrogens is 2. The summed E-state index contributed by atoms with van der Waals surface area (Å²) in [6.07, 6.45) is 0. The minimum atomic E-state index is -0.184. The van der Waals surface area contributed by atoms with Gasteiger partial charge in [0.15, 0.2) is 0 Å². The van der Waals surface area contributed by atoms with Crippen LogP contribution < -0.4 is 31.5 Å². The normalized spacial score (nSPS) is 13.5. The number of hydrogen-bond acceptors (Lipinski definition) is 2. The van der Waals surface area contributed by atoms with Crippen molar-refractivity contribution in [3.63, 3.8) is 0 Å². The summed E-state index contributed by atoms with van der Waals surface area (Å²) < 4.78 is 12.3. The number of benzene rings is 10. The average Bonchev–Trinajstić information content (AvgIpc) is 1.78. The average molecular weight is 1060 g/mol. The second-order valence-electron chi connectivity index (χ2n) is 27.3. The topological polar surface area (TPSA) is 22.3 Å². The molecular formula is C76H69B2N3O. The first-order valence-electron chi connectivity index (χ1n) is 29.2. The van der Waals surface area contributed by atoms with Crippen molar-refractivity contribution in [3.05, 3.63) is 222 Å². The van der Waals surface area contributed by atoms with Gasteiger partial charge in [-0.15, -0.1) is 0 Å². The molecule has 0 fully saturated rings. The molecule has 82 heavy (non-hydrogen) atoms. The molecule has 400 valence electrons. The van der Waals surface area contributed by atoms with Crippen molar-refractivity contribution in [1.82, 2.24) is 9.13 Å². The largest absolute Gasteiger partial charge is 0.458 e. The van der Waals surface area contributed by atoms with Crippen molar-refractivity contribution in [1.29, 1.82) is 0 Å². The first kappa shape index (κ1) is 51.7. The Bertz CT molecular complexity index is 4390. The summed E-state index contributed by atoms with van der Waals surface area (Å²) in [6, 6.07) is 75.0. The van der Waals surface area contributed by atoms with E-state index < -0.39 is 0 Å². The minimum Gasteiger partial charge on any atom is -0.458 e. The third-order valence-electron chi connectivity index (χ3n) is 17.7. The summed E-state index contributed by atoms with van der Waals surface area (Å²) in [5, 5.41) is 5.03. The maximum atomic E-state index is 7.35. The Morgan fingerprint density at radius 3 is 1.21 bits per heavy atom. The molecule has 0 N–H and O–H groups in total. The van der Waals surface area contributed by atoms with E-state index in [1.807, 2.05) is 6.07 Å². The van der Waals surface area contributed by atoms with Crippen LogP contribution in [0.1, 0.15) is 105 Å². The SMILES string of the molecule is [B]c1cc2c3c(c1)N(c1c(-c4ccccc4)cccc1-c1ccccc1)c1cc(-n4c5ccc(C(C)(C)C)cc5c5cc(C(C)(C)C)ccc54)ccc1B3c1ccc(-n3c4ccc(C(C)(C)C)cc4c4cc(C(C)(C)C)ccc43)cc1O2. The van der Waals surface area contributed by atoms with Crippen LogP contribution in [0.5, 0.6) is 11.5 Å². The van der Waals surface area contributed by atoms with E-state index in [4.69, 9.17) is 12.6 Å². The Kier molecular flexibility index (Phi) is 11.5. The van der Waals surface area contributed by atoms with Crippen LogP contribution in [0.15, 0.2) is 200 Å². The van der Waals surface area contributed by atoms with Crippen molar-refractivity contribution < 1.29 is 4.74 Å². The smallest absolute Gasteiger partial charge is 0.256 e. The monoisotopic (exact) mass is 1060 g/mol. The van der Waals surface area contributed by atoms with Crippen LogP contribution in [-0.4, -0.2) is 23.7 Å². The standard InChI is InChI=1S/C76H69B2N3O/c1-73(2,3)48-26-34-63-57(38-48)58-39-49(74(4,5)6)27-35-64(58)79(63)53-30-32-61-67(44-53)81(72-55(46-20-15-13-16-21-46)24-19-25-56(72)47-22-17-14-18-23-47)68-42-52(77)43-70-71(68)78(61)62-33-31-54(45-69(62)82-70)80-65-36-28-50(75(7,8)9)40-59(65)60-41-51(76(10,11)12)29-37-66(60)80/h13-45H,1-12H3. The molecule has 14 rings (SSSR count). The first-order chi connectivity index (χ1) is 39.1. The Hall–Kier alpha value is -8.47. The lowest BCUT2D eigenvalue weighted by atomic mass is 9.34. The highest BCUT2D eigenvalue weighted by Gasteiger charge is 2.43. The molecule has 0 bridgehead atoms. The Morgan fingerprint density at radius 1 is 0.366 bits per heavy atom. The predicted octanol–water partition coefficient (Wildman–Crippen LogP) is 17.6. The zero-order valence-electron chi connectivity index (χ0n) is 49.5. The van der Waals surface area contributed by atoms with Gasteiger partial charge >= 0.3 is 0 Å². The fraction of sp³-hybridized carbons (Fsp3) is 0.211. The number of fused-ring (bicyclic) bond motifs is 10. The maximum Gasteiger partial charge on any atom is 0.256 e. The molecule has 2 radical (unpaired) electrons. The second kappa shape index (κ2) is 18.3.